The second-order valence-corrected chi connectivity index (χ2v) is 7.21. The van der Waals surface area contributed by atoms with Crippen LogP contribution in [0.4, 0.5) is 5.69 Å². The number of benzene rings is 1. The van der Waals surface area contributed by atoms with Gasteiger partial charge in [-0.25, -0.2) is 12.7 Å². The summed E-state index contributed by atoms with van der Waals surface area (Å²) in [6, 6.07) is 8.89. The first kappa shape index (κ1) is 16.4. The maximum absolute atomic E-state index is 12.0. The Hall–Kier alpha value is -1.96. The number of pyridine rings is 1. The lowest BCUT2D eigenvalue weighted by Crippen LogP contribution is -2.22. The Bertz CT molecular complexity index is 789. The fourth-order valence-corrected chi connectivity index (χ4v) is 2.71. The van der Waals surface area contributed by atoms with Crippen molar-refractivity contribution in [1.29, 1.82) is 0 Å². The van der Waals surface area contributed by atoms with Gasteiger partial charge in [-0.15, -0.1) is 0 Å². The van der Waals surface area contributed by atoms with Crippen LogP contribution >= 0.6 is 11.6 Å². The van der Waals surface area contributed by atoms with Gasteiger partial charge in [-0.05, 0) is 36.4 Å². The van der Waals surface area contributed by atoms with Crippen molar-refractivity contribution in [3.05, 3.63) is 53.3 Å². The first-order valence-corrected chi connectivity index (χ1v) is 8.08. The van der Waals surface area contributed by atoms with Gasteiger partial charge in [-0.2, -0.15) is 0 Å². The summed E-state index contributed by atoms with van der Waals surface area (Å²) in [5.74, 6) is -0.425. The largest absolute Gasteiger partial charge is 0.321 e. The highest BCUT2D eigenvalue weighted by atomic mass is 35.5. The standard InChI is InChI=1S/C14H14ClN3O3S/c1-18(2)22(20,21)12-5-3-11(4-6-12)17-14(19)13-9-10(15)7-8-16-13/h3-9H,1-2H3,(H,17,19). The topological polar surface area (TPSA) is 79.4 Å². The smallest absolute Gasteiger partial charge is 0.274 e. The molecule has 0 atom stereocenters. The number of rotatable bonds is 4. The zero-order valence-electron chi connectivity index (χ0n) is 11.9. The zero-order valence-corrected chi connectivity index (χ0v) is 13.5. The number of nitrogens with zero attached hydrogens (tertiary/aromatic N) is 2. The molecule has 22 heavy (non-hydrogen) atoms. The normalized spacial score (nSPS) is 11.5. The molecule has 0 aliphatic heterocycles. The molecule has 1 aromatic carbocycles. The van der Waals surface area contributed by atoms with E-state index < -0.39 is 15.9 Å². The Morgan fingerprint density at radius 2 is 1.82 bits per heavy atom. The van der Waals surface area contributed by atoms with Gasteiger partial charge in [0.1, 0.15) is 5.69 Å². The van der Waals surface area contributed by atoms with E-state index >= 15 is 0 Å². The number of anilines is 1. The van der Waals surface area contributed by atoms with Crippen molar-refractivity contribution in [3.63, 3.8) is 0 Å². The quantitative estimate of drug-likeness (QED) is 0.926. The van der Waals surface area contributed by atoms with Crippen LogP contribution in [-0.4, -0.2) is 37.7 Å². The van der Waals surface area contributed by atoms with Crippen molar-refractivity contribution in [3.8, 4) is 0 Å². The van der Waals surface area contributed by atoms with E-state index in [9.17, 15) is 13.2 Å². The molecule has 0 unspecified atom stereocenters. The SMILES string of the molecule is CN(C)S(=O)(=O)c1ccc(NC(=O)c2cc(Cl)ccn2)cc1. The summed E-state index contributed by atoms with van der Waals surface area (Å²) in [6.07, 6.45) is 1.43. The molecule has 0 fully saturated rings. The highest BCUT2D eigenvalue weighted by Crippen LogP contribution is 2.17. The Kier molecular flexibility index (Phi) is 4.80. The minimum Gasteiger partial charge on any atom is -0.321 e. The molecule has 0 bridgehead atoms. The van der Waals surface area contributed by atoms with Gasteiger partial charge < -0.3 is 5.32 Å². The Balaban J connectivity index is 2.17. The van der Waals surface area contributed by atoms with Gasteiger partial charge in [-0.3, -0.25) is 9.78 Å². The number of amides is 1. The molecule has 2 aromatic rings. The Morgan fingerprint density at radius 3 is 2.36 bits per heavy atom. The van der Waals surface area contributed by atoms with Gasteiger partial charge in [0.05, 0.1) is 4.90 Å². The van der Waals surface area contributed by atoms with Gasteiger partial charge in [0.2, 0.25) is 10.0 Å². The van der Waals surface area contributed by atoms with E-state index in [4.69, 9.17) is 11.6 Å². The van der Waals surface area contributed by atoms with Crippen LogP contribution in [0.2, 0.25) is 5.02 Å². The van der Waals surface area contributed by atoms with E-state index in [0.717, 1.165) is 4.31 Å². The minimum atomic E-state index is -3.49. The lowest BCUT2D eigenvalue weighted by atomic mass is 10.3. The molecule has 1 heterocycles. The summed E-state index contributed by atoms with van der Waals surface area (Å²) in [5, 5.41) is 3.03. The minimum absolute atomic E-state index is 0.149. The highest BCUT2D eigenvalue weighted by molar-refractivity contribution is 7.89. The molecule has 1 amide bonds. The number of nitrogens with one attached hydrogen (secondary N) is 1. The zero-order chi connectivity index (χ0) is 16.3. The number of carbonyl (C=O) groups is 1. The highest BCUT2D eigenvalue weighted by Gasteiger charge is 2.17. The van der Waals surface area contributed by atoms with Crippen molar-refractivity contribution in [2.75, 3.05) is 19.4 Å². The van der Waals surface area contributed by atoms with Crippen molar-refractivity contribution in [2.24, 2.45) is 0 Å². The molecule has 0 saturated heterocycles. The molecule has 0 aliphatic carbocycles. The number of halogens is 1. The van der Waals surface area contributed by atoms with E-state index in [-0.39, 0.29) is 10.6 Å². The number of hydrogen-bond acceptors (Lipinski definition) is 4. The van der Waals surface area contributed by atoms with Crippen molar-refractivity contribution in [1.82, 2.24) is 9.29 Å². The summed E-state index contributed by atoms with van der Waals surface area (Å²) < 4.78 is 25.0. The van der Waals surface area contributed by atoms with E-state index in [2.05, 4.69) is 10.3 Å². The molecule has 0 spiro atoms. The first-order chi connectivity index (χ1) is 10.3. The Labute approximate surface area is 133 Å². The van der Waals surface area contributed by atoms with Gasteiger partial charge in [0.25, 0.3) is 5.91 Å². The molecular weight excluding hydrogens is 326 g/mol. The summed E-state index contributed by atoms with van der Waals surface area (Å²) in [5.41, 5.74) is 0.641. The molecular formula is C14H14ClN3O3S. The van der Waals surface area contributed by atoms with Crippen LogP contribution in [0.1, 0.15) is 10.5 Å². The third-order valence-electron chi connectivity index (χ3n) is 2.85. The summed E-state index contributed by atoms with van der Waals surface area (Å²) in [7, 11) is -0.581. The van der Waals surface area contributed by atoms with E-state index in [1.54, 1.807) is 6.07 Å². The molecule has 0 radical (unpaired) electrons. The third kappa shape index (κ3) is 3.62. The van der Waals surface area contributed by atoms with Crippen LogP contribution in [0.5, 0.6) is 0 Å². The summed E-state index contributed by atoms with van der Waals surface area (Å²) in [4.78, 5) is 16.1. The van der Waals surface area contributed by atoms with Crippen LogP contribution in [-0.2, 0) is 10.0 Å². The van der Waals surface area contributed by atoms with Crippen molar-refractivity contribution < 1.29 is 13.2 Å². The van der Waals surface area contributed by atoms with Gasteiger partial charge in [0.15, 0.2) is 0 Å². The van der Waals surface area contributed by atoms with E-state index in [1.807, 2.05) is 0 Å². The van der Waals surface area contributed by atoms with E-state index in [0.29, 0.717) is 10.7 Å². The molecule has 0 saturated carbocycles. The fraction of sp³-hybridized carbons (Fsp3) is 0.143. The molecule has 116 valence electrons. The maximum atomic E-state index is 12.0. The molecule has 1 aromatic heterocycles. The predicted molar refractivity (Wildman–Crippen MR) is 84.5 cm³/mol. The van der Waals surface area contributed by atoms with Crippen LogP contribution < -0.4 is 5.32 Å². The average molecular weight is 340 g/mol. The number of hydrogen-bond donors (Lipinski definition) is 1. The first-order valence-electron chi connectivity index (χ1n) is 6.26. The van der Waals surface area contributed by atoms with Gasteiger partial charge >= 0.3 is 0 Å². The molecule has 1 N–H and O–H groups in total. The number of carbonyl (C=O) groups excluding carboxylic acids is 1. The molecule has 0 aliphatic rings. The summed E-state index contributed by atoms with van der Waals surface area (Å²) in [6.45, 7) is 0. The number of sulfonamides is 1. The van der Waals surface area contributed by atoms with Crippen molar-refractivity contribution >= 4 is 33.2 Å². The monoisotopic (exact) mass is 339 g/mol. The summed E-state index contributed by atoms with van der Waals surface area (Å²) >= 11 is 5.80. The average Bonchev–Trinajstić information content (AvgIpc) is 2.47. The second kappa shape index (κ2) is 6.43. The second-order valence-electron chi connectivity index (χ2n) is 4.63. The fourth-order valence-electron chi connectivity index (χ4n) is 1.65. The molecule has 8 heteroatoms. The van der Waals surface area contributed by atoms with E-state index in [1.165, 1.54) is 50.6 Å². The van der Waals surface area contributed by atoms with Gasteiger partial charge in [0, 0.05) is 31.0 Å². The van der Waals surface area contributed by atoms with Crippen LogP contribution in [0.25, 0.3) is 0 Å². The number of aromatic nitrogens is 1. The van der Waals surface area contributed by atoms with Crippen molar-refractivity contribution in [2.45, 2.75) is 4.90 Å². The lowest BCUT2D eigenvalue weighted by Gasteiger charge is -2.12. The lowest BCUT2D eigenvalue weighted by molar-refractivity contribution is 0.102. The van der Waals surface area contributed by atoms with Crippen LogP contribution in [0.15, 0.2) is 47.5 Å². The van der Waals surface area contributed by atoms with Gasteiger partial charge in [-0.1, -0.05) is 11.6 Å². The predicted octanol–water partition coefficient (Wildman–Crippen LogP) is 2.24. The molecule has 2 rings (SSSR count). The Morgan fingerprint density at radius 1 is 1.18 bits per heavy atom. The maximum Gasteiger partial charge on any atom is 0.274 e. The van der Waals surface area contributed by atoms with Crippen LogP contribution in [0, 0.1) is 0 Å². The third-order valence-corrected chi connectivity index (χ3v) is 4.91. The van der Waals surface area contributed by atoms with Crippen LogP contribution in [0.3, 0.4) is 0 Å². The molecule has 6 nitrogen and oxygen atoms in total.